The molecule has 3 aliphatic carbocycles. The zero-order chi connectivity index (χ0) is 31.0. The molecule has 228 valence electrons. The van der Waals surface area contributed by atoms with Gasteiger partial charge >= 0.3 is 17.9 Å². The van der Waals surface area contributed by atoms with E-state index in [0.29, 0.717) is 36.0 Å². The number of allylic oxidation sites excluding steroid dienone is 1. The van der Waals surface area contributed by atoms with Crippen LogP contribution >= 0.6 is 0 Å². The van der Waals surface area contributed by atoms with Crippen molar-refractivity contribution in [2.45, 2.75) is 84.7 Å². The van der Waals surface area contributed by atoms with Gasteiger partial charge in [-0.25, -0.2) is 9.59 Å². The number of cyclic esters (lactones) is 1. The van der Waals surface area contributed by atoms with E-state index in [4.69, 9.17) is 18.6 Å². The molecule has 2 N–H and O–H groups in total. The van der Waals surface area contributed by atoms with Gasteiger partial charge in [-0.3, -0.25) is 9.59 Å². The highest BCUT2D eigenvalue weighted by Gasteiger charge is 2.75. The van der Waals surface area contributed by atoms with E-state index in [1.54, 1.807) is 33.8 Å². The van der Waals surface area contributed by atoms with E-state index in [1.165, 1.54) is 24.7 Å². The summed E-state index contributed by atoms with van der Waals surface area (Å²) in [6.45, 7) is 10.5. The van der Waals surface area contributed by atoms with E-state index < -0.39 is 81.6 Å². The Morgan fingerprint density at radius 1 is 1.17 bits per heavy atom. The van der Waals surface area contributed by atoms with Crippen LogP contribution in [0.15, 0.2) is 46.3 Å². The predicted octanol–water partition coefficient (Wildman–Crippen LogP) is 3.61. The first-order valence-corrected chi connectivity index (χ1v) is 14.5. The maximum Gasteiger partial charge on any atom is 0.335 e. The van der Waals surface area contributed by atoms with Gasteiger partial charge in [0, 0.05) is 33.8 Å². The van der Waals surface area contributed by atoms with Gasteiger partial charge in [-0.1, -0.05) is 41.5 Å². The van der Waals surface area contributed by atoms with Crippen LogP contribution in [0.1, 0.15) is 72.5 Å². The zero-order valence-corrected chi connectivity index (χ0v) is 25.1. The number of carbonyl (C=O) groups is 4. The Hall–Kier alpha value is -3.24. The van der Waals surface area contributed by atoms with Crippen LogP contribution in [-0.2, 0) is 33.4 Å². The Morgan fingerprint density at radius 2 is 1.86 bits per heavy atom. The molecule has 0 spiro atoms. The highest BCUT2D eigenvalue weighted by molar-refractivity contribution is 6.00. The van der Waals surface area contributed by atoms with Crippen LogP contribution in [0.2, 0.25) is 0 Å². The largest absolute Gasteiger partial charge is 0.472 e. The quantitative estimate of drug-likeness (QED) is 0.375. The molecule has 42 heavy (non-hydrogen) atoms. The monoisotopic (exact) mass is 584 g/mol. The number of aliphatic hydroxyl groups is 2. The van der Waals surface area contributed by atoms with Gasteiger partial charge in [-0.15, -0.1) is 0 Å². The second kappa shape index (κ2) is 9.91. The molecule has 10 nitrogen and oxygen atoms in total. The average molecular weight is 585 g/mol. The van der Waals surface area contributed by atoms with Crippen LogP contribution in [0.25, 0.3) is 0 Å². The first-order chi connectivity index (χ1) is 19.6. The highest BCUT2D eigenvalue weighted by atomic mass is 16.6. The minimum Gasteiger partial charge on any atom is -0.472 e. The number of methoxy groups -OCH3 is 1. The molecule has 0 amide bonds. The highest BCUT2D eigenvalue weighted by Crippen LogP contribution is 2.68. The third-order valence-electron chi connectivity index (χ3n) is 10.7. The number of hydrogen-bond acceptors (Lipinski definition) is 10. The molecule has 1 aliphatic heterocycles. The zero-order valence-electron chi connectivity index (χ0n) is 25.1. The maximum atomic E-state index is 14.5. The van der Waals surface area contributed by atoms with Crippen molar-refractivity contribution in [3.8, 4) is 0 Å². The summed E-state index contributed by atoms with van der Waals surface area (Å²) < 4.78 is 22.0. The summed E-state index contributed by atoms with van der Waals surface area (Å²) in [6.07, 6.45) is 3.38. The van der Waals surface area contributed by atoms with E-state index >= 15 is 0 Å². The number of carbonyl (C=O) groups excluding carboxylic acids is 4. The van der Waals surface area contributed by atoms with Crippen molar-refractivity contribution < 1.29 is 48.0 Å². The van der Waals surface area contributed by atoms with E-state index in [-0.39, 0.29) is 0 Å². The lowest BCUT2D eigenvalue weighted by molar-refractivity contribution is -0.234. The van der Waals surface area contributed by atoms with Gasteiger partial charge in [0.2, 0.25) is 0 Å². The molecule has 1 aromatic heterocycles. The van der Waals surface area contributed by atoms with Gasteiger partial charge < -0.3 is 28.8 Å². The fourth-order valence-corrected chi connectivity index (χ4v) is 8.41. The van der Waals surface area contributed by atoms with Gasteiger partial charge in [0.25, 0.3) is 0 Å². The molecular weight excluding hydrogens is 544 g/mol. The van der Waals surface area contributed by atoms with E-state index in [2.05, 4.69) is 0 Å². The molecule has 5 rings (SSSR count). The van der Waals surface area contributed by atoms with Gasteiger partial charge in [-0.05, 0) is 48.5 Å². The van der Waals surface area contributed by atoms with Crippen LogP contribution in [-0.4, -0.2) is 58.8 Å². The molecule has 10 heteroatoms. The molecule has 2 heterocycles. The summed E-state index contributed by atoms with van der Waals surface area (Å²) in [6, 6.07) is 1.73. The molecule has 2 bridgehead atoms. The fourth-order valence-electron chi connectivity index (χ4n) is 8.41. The minimum atomic E-state index is -2.30. The van der Waals surface area contributed by atoms with Crippen LogP contribution in [0.5, 0.6) is 0 Å². The molecule has 2 saturated carbocycles. The number of furan rings is 1. The van der Waals surface area contributed by atoms with Crippen molar-refractivity contribution in [1.82, 2.24) is 0 Å². The molecular formula is C32H40O10. The fraction of sp³-hybridized carbons (Fsp3) is 0.625. The summed E-state index contributed by atoms with van der Waals surface area (Å²) >= 11 is 0. The summed E-state index contributed by atoms with van der Waals surface area (Å²) in [5, 5.41) is 23.9. The second-order valence-electron chi connectivity index (χ2n) is 13.4. The van der Waals surface area contributed by atoms with Crippen LogP contribution < -0.4 is 0 Å². The summed E-state index contributed by atoms with van der Waals surface area (Å²) in [5.41, 5.74) is -3.99. The first kappa shape index (κ1) is 30.2. The van der Waals surface area contributed by atoms with Crippen molar-refractivity contribution in [2.24, 2.45) is 34.0 Å². The van der Waals surface area contributed by atoms with Crippen LogP contribution in [0.4, 0.5) is 0 Å². The van der Waals surface area contributed by atoms with Gasteiger partial charge in [0.15, 0.2) is 17.5 Å². The van der Waals surface area contributed by atoms with Crippen molar-refractivity contribution in [3.05, 3.63) is 47.5 Å². The third kappa shape index (κ3) is 3.97. The van der Waals surface area contributed by atoms with Crippen LogP contribution in [0, 0.1) is 34.0 Å². The van der Waals surface area contributed by atoms with Gasteiger partial charge in [0.05, 0.1) is 25.6 Å². The summed E-state index contributed by atoms with van der Waals surface area (Å²) in [5.74, 6) is -4.98. The number of hydrogen-bond donors (Lipinski definition) is 2. The van der Waals surface area contributed by atoms with Crippen molar-refractivity contribution >= 4 is 23.7 Å². The lowest BCUT2D eigenvalue weighted by Gasteiger charge is -2.65. The maximum absolute atomic E-state index is 14.5. The van der Waals surface area contributed by atoms with Gasteiger partial charge in [-0.2, -0.15) is 0 Å². The molecule has 0 aromatic carbocycles. The van der Waals surface area contributed by atoms with Gasteiger partial charge in [0.1, 0.15) is 12.2 Å². The minimum absolute atomic E-state index is 0.432. The molecule has 4 aliphatic rings. The predicted molar refractivity (Wildman–Crippen MR) is 147 cm³/mol. The Morgan fingerprint density at radius 3 is 2.45 bits per heavy atom. The number of Topliss-reactive ketones (excluding diaryl/α,β-unsaturated/α-hetero) is 1. The Balaban J connectivity index is 1.75. The number of esters is 3. The first-order valence-electron chi connectivity index (χ1n) is 14.5. The topological polar surface area (TPSA) is 150 Å². The lowest BCUT2D eigenvalue weighted by atomic mass is 9.40. The standard InChI is InChI=1S/C32H40O10/c1-8-16(2)25(35)42-28-29(3,4)23(22(34)26(36)39-7)31(6)19-9-11-30(5)20(18(19)14-32(28,38)27(31)37)13-21(33)41-24(30)17-10-12-40-15-17/h10,12-16,19,22-24,28,34,38H,8-9,11H2,1-7H3/t16?,19-,22+,23-,24-,28-,30+,31+,32-/m0/s1. The molecule has 0 saturated heterocycles. The molecule has 1 unspecified atom stereocenters. The molecule has 0 radical (unpaired) electrons. The lowest BCUT2D eigenvalue weighted by Crippen LogP contribution is -2.75. The smallest absolute Gasteiger partial charge is 0.335 e. The Kier molecular flexibility index (Phi) is 7.13. The summed E-state index contributed by atoms with van der Waals surface area (Å²) in [4.78, 5) is 53.6. The number of ether oxygens (including phenoxy) is 3. The SMILES string of the molecule is CCC(C)C(=O)O[C@H]1C(C)(C)[C@H]([C@@H](O)C(=O)OC)[C@]2(C)C(=O)[C@@]1(O)C=C1C3=CC(=O)O[C@@H](c4ccoc4)[C@]3(C)CC[C@@H]12. The Labute approximate surface area is 245 Å². The molecule has 1 aromatic rings. The average Bonchev–Trinajstić information content (AvgIpc) is 3.47. The molecule has 2 fully saturated rings. The normalized spacial score (nSPS) is 38.1. The number of rotatable bonds is 6. The number of fused-ring (bicyclic) bond motifs is 6. The number of ketones is 1. The van der Waals surface area contributed by atoms with Crippen LogP contribution in [0.3, 0.4) is 0 Å². The third-order valence-corrected chi connectivity index (χ3v) is 10.7. The van der Waals surface area contributed by atoms with E-state index in [9.17, 15) is 29.4 Å². The van der Waals surface area contributed by atoms with E-state index in [0.717, 1.165) is 7.11 Å². The van der Waals surface area contributed by atoms with Crippen molar-refractivity contribution in [3.63, 3.8) is 0 Å². The Bertz CT molecular complexity index is 1370. The molecule has 9 atom stereocenters. The second-order valence-corrected chi connectivity index (χ2v) is 13.4. The number of aliphatic hydroxyl groups excluding tert-OH is 1. The van der Waals surface area contributed by atoms with Crippen molar-refractivity contribution in [1.29, 1.82) is 0 Å². The summed E-state index contributed by atoms with van der Waals surface area (Å²) in [7, 11) is 1.15. The van der Waals surface area contributed by atoms with E-state index in [1.807, 2.05) is 13.8 Å². The van der Waals surface area contributed by atoms with Crippen molar-refractivity contribution in [2.75, 3.05) is 7.11 Å².